The van der Waals surface area contributed by atoms with Gasteiger partial charge in [0.25, 0.3) is 5.91 Å². The maximum Gasteiger partial charge on any atom is 0.255 e. The first-order valence-electron chi connectivity index (χ1n) is 5.32. The number of carbonyl (C=O) groups excluding carboxylic acids is 1. The summed E-state index contributed by atoms with van der Waals surface area (Å²) in [6, 6.07) is 4.95. The smallest absolute Gasteiger partial charge is 0.255 e. The van der Waals surface area contributed by atoms with Gasteiger partial charge in [0.1, 0.15) is 5.75 Å². The third-order valence-corrected chi connectivity index (χ3v) is 2.27. The topological polar surface area (TPSA) is 69.6 Å². The summed E-state index contributed by atoms with van der Waals surface area (Å²) in [4.78, 5) is 11.7. The molecule has 1 amide bonds. The van der Waals surface area contributed by atoms with Crippen LogP contribution >= 0.6 is 0 Å². The first kappa shape index (κ1) is 12.5. The molecule has 0 aliphatic rings. The maximum atomic E-state index is 11.7. The summed E-state index contributed by atoms with van der Waals surface area (Å²) in [7, 11) is 0. The number of phenolic OH excluding ortho intramolecular Hbond substituents is 1. The van der Waals surface area contributed by atoms with Crippen LogP contribution in [0.25, 0.3) is 0 Å². The minimum atomic E-state index is -0.597. The molecular formula is C12H17NO3. The van der Waals surface area contributed by atoms with E-state index in [1.807, 2.05) is 6.92 Å². The highest BCUT2D eigenvalue weighted by Crippen LogP contribution is 2.18. The molecule has 4 nitrogen and oxygen atoms in total. The van der Waals surface area contributed by atoms with Gasteiger partial charge in [-0.25, -0.2) is 0 Å². The molecule has 0 saturated carbocycles. The van der Waals surface area contributed by atoms with Gasteiger partial charge in [-0.1, -0.05) is 13.0 Å². The third-order valence-electron chi connectivity index (χ3n) is 2.27. The van der Waals surface area contributed by atoms with Gasteiger partial charge in [0.15, 0.2) is 0 Å². The Labute approximate surface area is 94.9 Å². The van der Waals surface area contributed by atoms with Crippen LogP contribution in [0.5, 0.6) is 5.75 Å². The van der Waals surface area contributed by atoms with Gasteiger partial charge in [-0.05, 0) is 31.0 Å². The Balaban J connectivity index is 2.81. The number of rotatable bonds is 4. The highest BCUT2D eigenvalue weighted by Gasteiger charge is 2.11. The van der Waals surface area contributed by atoms with E-state index in [9.17, 15) is 9.90 Å². The molecule has 4 heteroatoms. The number of aliphatic hydroxyl groups is 1. The van der Waals surface area contributed by atoms with E-state index in [1.54, 1.807) is 19.1 Å². The number of nitrogens with one attached hydrogen (secondary N) is 1. The molecule has 1 atom stereocenters. The van der Waals surface area contributed by atoms with Gasteiger partial charge >= 0.3 is 0 Å². The van der Waals surface area contributed by atoms with E-state index < -0.39 is 6.10 Å². The predicted molar refractivity (Wildman–Crippen MR) is 61.5 cm³/mol. The van der Waals surface area contributed by atoms with E-state index in [4.69, 9.17) is 5.11 Å². The zero-order valence-corrected chi connectivity index (χ0v) is 9.53. The van der Waals surface area contributed by atoms with Crippen LogP contribution in [0, 0.1) is 0 Å². The van der Waals surface area contributed by atoms with Crippen LogP contribution in [0.15, 0.2) is 18.2 Å². The van der Waals surface area contributed by atoms with Crippen molar-refractivity contribution in [2.45, 2.75) is 26.4 Å². The molecule has 0 bridgehead atoms. The molecule has 88 valence electrons. The second-order valence-corrected chi connectivity index (χ2v) is 3.76. The highest BCUT2D eigenvalue weighted by atomic mass is 16.3. The van der Waals surface area contributed by atoms with Crippen LogP contribution < -0.4 is 5.32 Å². The summed E-state index contributed by atoms with van der Waals surface area (Å²) in [6.07, 6.45) is 0.206. The lowest BCUT2D eigenvalue weighted by atomic mass is 10.1. The summed E-state index contributed by atoms with van der Waals surface area (Å²) in [5.41, 5.74) is 1.24. The second-order valence-electron chi connectivity index (χ2n) is 3.76. The molecule has 0 aromatic heterocycles. The van der Waals surface area contributed by atoms with Gasteiger partial charge in [-0.15, -0.1) is 0 Å². The van der Waals surface area contributed by atoms with Crippen LogP contribution in [0.1, 0.15) is 29.8 Å². The Kier molecular flexibility index (Phi) is 4.31. The Morgan fingerprint density at radius 1 is 1.50 bits per heavy atom. The van der Waals surface area contributed by atoms with E-state index in [-0.39, 0.29) is 23.8 Å². The van der Waals surface area contributed by atoms with Crippen molar-refractivity contribution in [2.75, 3.05) is 6.54 Å². The number of hydrogen-bond acceptors (Lipinski definition) is 3. The molecule has 0 heterocycles. The number of amides is 1. The highest BCUT2D eigenvalue weighted by molar-refractivity contribution is 5.97. The number of hydrogen-bond donors (Lipinski definition) is 3. The average molecular weight is 223 g/mol. The first-order chi connectivity index (χ1) is 7.54. The lowest BCUT2D eigenvalue weighted by Crippen LogP contribution is -2.30. The molecule has 0 aliphatic heterocycles. The minimum Gasteiger partial charge on any atom is -0.507 e. The monoisotopic (exact) mass is 223 g/mol. The summed E-state index contributed by atoms with van der Waals surface area (Å²) in [5, 5.41) is 21.1. The molecule has 1 aromatic carbocycles. The fraction of sp³-hybridized carbons (Fsp3) is 0.417. The van der Waals surface area contributed by atoms with Gasteiger partial charge in [0, 0.05) is 6.54 Å². The molecular weight excluding hydrogens is 206 g/mol. The lowest BCUT2D eigenvalue weighted by Gasteiger charge is -2.09. The number of carbonyl (C=O) groups is 1. The van der Waals surface area contributed by atoms with E-state index in [0.29, 0.717) is 0 Å². The quantitative estimate of drug-likeness (QED) is 0.715. The second kappa shape index (κ2) is 5.51. The minimum absolute atomic E-state index is 0.0414. The predicted octanol–water partition coefficient (Wildman–Crippen LogP) is 1.07. The summed E-state index contributed by atoms with van der Waals surface area (Å²) in [6.45, 7) is 3.74. The van der Waals surface area contributed by atoms with Crippen molar-refractivity contribution < 1.29 is 15.0 Å². The Morgan fingerprint density at radius 3 is 2.75 bits per heavy atom. The zero-order valence-electron chi connectivity index (χ0n) is 9.53. The molecule has 0 radical (unpaired) electrons. The molecule has 1 aromatic rings. The SMILES string of the molecule is CCc1ccc(O)c(C(=O)NCC(C)O)c1. The normalized spacial score (nSPS) is 12.2. The number of benzene rings is 1. The number of aromatic hydroxyl groups is 1. The van der Waals surface area contributed by atoms with Crippen LogP contribution in [-0.2, 0) is 6.42 Å². The van der Waals surface area contributed by atoms with Crippen molar-refractivity contribution in [2.24, 2.45) is 0 Å². The fourth-order valence-corrected chi connectivity index (χ4v) is 1.32. The van der Waals surface area contributed by atoms with Crippen LogP contribution in [0.3, 0.4) is 0 Å². The Morgan fingerprint density at radius 2 is 2.19 bits per heavy atom. The van der Waals surface area contributed by atoms with Crippen molar-refractivity contribution in [1.82, 2.24) is 5.32 Å². The Hall–Kier alpha value is -1.55. The summed E-state index contributed by atoms with van der Waals surface area (Å²) < 4.78 is 0. The van der Waals surface area contributed by atoms with Gasteiger partial charge in [0.05, 0.1) is 11.7 Å². The van der Waals surface area contributed by atoms with Crippen molar-refractivity contribution in [3.63, 3.8) is 0 Å². The van der Waals surface area contributed by atoms with E-state index in [0.717, 1.165) is 12.0 Å². The zero-order chi connectivity index (χ0) is 12.1. The molecule has 0 aliphatic carbocycles. The van der Waals surface area contributed by atoms with Gasteiger partial charge < -0.3 is 15.5 Å². The van der Waals surface area contributed by atoms with E-state index in [1.165, 1.54) is 6.07 Å². The van der Waals surface area contributed by atoms with Gasteiger partial charge in [0.2, 0.25) is 0 Å². The lowest BCUT2D eigenvalue weighted by molar-refractivity contribution is 0.0921. The summed E-state index contributed by atoms with van der Waals surface area (Å²) in [5.74, 6) is -0.408. The molecule has 16 heavy (non-hydrogen) atoms. The fourth-order valence-electron chi connectivity index (χ4n) is 1.32. The van der Waals surface area contributed by atoms with Crippen molar-refractivity contribution in [3.8, 4) is 5.75 Å². The standard InChI is InChI=1S/C12H17NO3/c1-3-9-4-5-11(15)10(6-9)12(16)13-7-8(2)14/h4-6,8,14-15H,3,7H2,1-2H3,(H,13,16). The Bertz CT molecular complexity index is 375. The maximum absolute atomic E-state index is 11.7. The van der Waals surface area contributed by atoms with Crippen LogP contribution in [-0.4, -0.2) is 28.8 Å². The van der Waals surface area contributed by atoms with Gasteiger partial charge in [-0.2, -0.15) is 0 Å². The van der Waals surface area contributed by atoms with Crippen molar-refractivity contribution in [1.29, 1.82) is 0 Å². The number of phenols is 1. The number of aryl methyl sites for hydroxylation is 1. The molecule has 0 fully saturated rings. The van der Waals surface area contributed by atoms with E-state index in [2.05, 4.69) is 5.32 Å². The van der Waals surface area contributed by atoms with Crippen molar-refractivity contribution >= 4 is 5.91 Å². The molecule has 0 saturated heterocycles. The first-order valence-corrected chi connectivity index (χ1v) is 5.32. The largest absolute Gasteiger partial charge is 0.507 e. The molecule has 1 rings (SSSR count). The average Bonchev–Trinajstić information content (AvgIpc) is 2.26. The van der Waals surface area contributed by atoms with E-state index >= 15 is 0 Å². The third kappa shape index (κ3) is 3.24. The molecule has 3 N–H and O–H groups in total. The summed E-state index contributed by atoms with van der Waals surface area (Å²) >= 11 is 0. The van der Waals surface area contributed by atoms with Crippen LogP contribution in [0.2, 0.25) is 0 Å². The van der Waals surface area contributed by atoms with Crippen molar-refractivity contribution in [3.05, 3.63) is 29.3 Å². The molecule has 1 unspecified atom stereocenters. The van der Waals surface area contributed by atoms with Gasteiger partial charge in [-0.3, -0.25) is 4.79 Å². The van der Waals surface area contributed by atoms with Crippen LogP contribution in [0.4, 0.5) is 0 Å². The number of aliphatic hydroxyl groups excluding tert-OH is 1. The molecule has 0 spiro atoms.